The Balaban J connectivity index is 2.12. The van der Waals surface area contributed by atoms with Gasteiger partial charge in [0.25, 0.3) is 0 Å². The van der Waals surface area contributed by atoms with Crippen LogP contribution in [0.2, 0.25) is 0 Å². The second-order valence-electron chi connectivity index (χ2n) is 4.47. The minimum Gasteiger partial charge on any atom is -0.493 e. The van der Waals surface area contributed by atoms with Gasteiger partial charge >= 0.3 is 0 Å². The van der Waals surface area contributed by atoms with E-state index in [0.717, 1.165) is 29.4 Å². The Morgan fingerprint density at radius 2 is 2.20 bits per heavy atom. The Labute approximate surface area is 90.9 Å². The molecule has 1 N–H and O–H groups in total. The van der Waals surface area contributed by atoms with Crippen LogP contribution in [0.25, 0.3) is 0 Å². The van der Waals surface area contributed by atoms with Crippen LogP contribution in [0.3, 0.4) is 0 Å². The van der Waals surface area contributed by atoms with E-state index in [4.69, 9.17) is 4.74 Å². The molecule has 0 radical (unpaired) electrons. The second-order valence-corrected chi connectivity index (χ2v) is 4.47. The molecule has 0 aromatic heterocycles. The van der Waals surface area contributed by atoms with Gasteiger partial charge in [0.15, 0.2) is 0 Å². The summed E-state index contributed by atoms with van der Waals surface area (Å²) in [4.78, 5) is 0. The molecule has 0 heterocycles. The Bertz CT molecular complexity index is 340. The zero-order valence-corrected chi connectivity index (χ0v) is 9.36. The molecule has 1 aliphatic carbocycles. The number of aliphatic hydroxyl groups is 1. The Kier molecular flexibility index (Phi) is 2.96. The molecule has 0 bridgehead atoms. The lowest BCUT2D eigenvalue weighted by Crippen LogP contribution is -2.03. The average Bonchev–Trinajstić information content (AvgIpc) is 2.99. The van der Waals surface area contributed by atoms with E-state index in [2.05, 4.69) is 0 Å². The fourth-order valence-corrected chi connectivity index (χ4v) is 1.62. The van der Waals surface area contributed by atoms with Crippen LogP contribution < -0.4 is 4.74 Å². The van der Waals surface area contributed by atoms with Crippen molar-refractivity contribution in [2.24, 2.45) is 5.92 Å². The molecule has 1 fully saturated rings. The van der Waals surface area contributed by atoms with Crippen molar-refractivity contribution in [2.75, 3.05) is 6.61 Å². The van der Waals surface area contributed by atoms with Gasteiger partial charge in [0.1, 0.15) is 5.75 Å². The topological polar surface area (TPSA) is 29.5 Å². The SMILES string of the molecule is Cc1ccc(OCC2CC2)c(C(C)O)c1. The van der Waals surface area contributed by atoms with Crippen LogP contribution in [0.5, 0.6) is 5.75 Å². The van der Waals surface area contributed by atoms with Crippen LogP contribution >= 0.6 is 0 Å². The van der Waals surface area contributed by atoms with Crippen LogP contribution in [-0.2, 0) is 0 Å². The fourth-order valence-electron chi connectivity index (χ4n) is 1.62. The summed E-state index contributed by atoms with van der Waals surface area (Å²) < 4.78 is 5.72. The predicted molar refractivity (Wildman–Crippen MR) is 60.0 cm³/mol. The average molecular weight is 206 g/mol. The number of rotatable bonds is 4. The van der Waals surface area contributed by atoms with E-state index >= 15 is 0 Å². The van der Waals surface area contributed by atoms with Gasteiger partial charge in [-0.3, -0.25) is 0 Å². The molecule has 0 saturated heterocycles. The molecule has 1 atom stereocenters. The minimum atomic E-state index is -0.459. The first-order valence-electron chi connectivity index (χ1n) is 5.58. The Morgan fingerprint density at radius 3 is 2.80 bits per heavy atom. The monoisotopic (exact) mass is 206 g/mol. The van der Waals surface area contributed by atoms with Crippen molar-refractivity contribution in [1.82, 2.24) is 0 Å². The third-order valence-electron chi connectivity index (χ3n) is 2.79. The first-order valence-corrected chi connectivity index (χ1v) is 5.58. The number of aryl methyl sites for hydroxylation is 1. The summed E-state index contributed by atoms with van der Waals surface area (Å²) in [5.74, 6) is 1.58. The maximum atomic E-state index is 9.63. The normalized spacial score (nSPS) is 17.5. The number of hydrogen-bond donors (Lipinski definition) is 1. The molecule has 82 valence electrons. The second kappa shape index (κ2) is 4.23. The number of ether oxygens (including phenoxy) is 1. The molecule has 1 aliphatic rings. The quantitative estimate of drug-likeness (QED) is 0.820. The number of aliphatic hydroxyl groups excluding tert-OH is 1. The van der Waals surface area contributed by atoms with Crippen molar-refractivity contribution >= 4 is 0 Å². The molecule has 0 aliphatic heterocycles. The summed E-state index contributed by atoms with van der Waals surface area (Å²) in [6, 6.07) is 5.97. The van der Waals surface area contributed by atoms with Crippen LogP contribution in [0.15, 0.2) is 18.2 Å². The fraction of sp³-hybridized carbons (Fsp3) is 0.538. The van der Waals surface area contributed by atoms with Gasteiger partial charge in [0.2, 0.25) is 0 Å². The Morgan fingerprint density at radius 1 is 1.47 bits per heavy atom. The summed E-state index contributed by atoms with van der Waals surface area (Å²) in [7, 11) is 0. The third kappa shape index (κ3) is 2.72. The maximum Gasteiger partial charge on any atom is 0.125 e. The van der Waals surface area contributed by atoms with Crippen molar-refractivity contribution < 1.29 is 9.84 Å². The van der Waals surface area contributed by atoms with Crippen LogP contribution in [-0.4, -0.2) is 11.7 Å². The molecule has 1 saturated carbocycles. The third-order valence-corrected chi connectivity index (χ3v) is 2.79. The van der Waals surface area contributed by atoms with Crippen LogP contribution in [0, 0.1) is 12.8 Å². The van der Waals surface area contributed by atoms with Gasteiger partial charge in [0.05, 0.1) is 12.7 Å². The zero-order valence-electron chi connectivity index (χ0n) is 9.36. The van der Waals surface area contributed by atoms with Crippen LogP contribution in [0.4, 0.5) is 0 Å². The zero-order chi connectivity index (χ0) is 10.8. The van der Waals surface area contributed by atoms with Crippen molar-refractivity contribution in [3.63, 3.8) is 0 Å². The molecule has 1 aromatic rings. The highest BCUT2D eigenvalue weighted by Crippen LogP contribution is 2.32. The van der Waals surface area contributed by atoms with Gasteiger partial charge in [-0.1, -0.05) is 11.6 Å². The lowest BCUT2D eigenvalue weighted by molar-refractivity contribution is 0.190. The highest BCUT2D eigenvalue weighted by molar-refractivity contribution is 5.38. The van der Waals surface area contributed by atoms with Gasteiger partial charge in [0, 0.05) is 5.56 Å². The van der Waals surface area contributed by atoms with Crippen molar-refractivity contribution in [3.05, 3.63) is 29.3 Å². The van der Waals surface area contributed by atoms with E-state index in [1.807, 2.05) is 25.1 Å². The van der Waals surface area contributed by atoms with E-state index in [9.17, 15) is 5.11 Å². The van der Waals surface area contributed by atoms with Gasteiger partial charge in [-0.05, 0) is 44.7 Å². The lowest BCUT2D eigenvalue weighted by atomic mass is 10.1. The van der Waals surface area contributed by atoms with E-state index in [0.29, 0.717) is 0 Å². The minimum absolute atomic E-state index is 0.459. The van der Waals surface area contributed by atoms with Crippen molar-refractivity contribution in [2.45, 2.75) is 32.8 Å². The molecule has 0 amide bonds. The van der Waals surface area contributed by atoms with Crippen molar-refractivity contribution in [1.29, 1.82) is 0 Å². The smallest absolute Gasteiger partial charge is 0.125 e. The molecule has 2 heteroatoms. The lowest BCUT2D eigenvalue weighted by Gasteiger charge is -2.13. The molecule has 2 rings (SSSR count). The molecule has 0 spiro atoms. The first kappa shape index (κ1) is 10.5. The summed E-state index contributed by atoms with van der Waals surface area (Å²) in [5.41, 5.74) is 2.06. The summed E-state index contributed by atoms with van der Waals surface area (Å²) >= 11 is 0. The van der Waals surface area contributed by atoms with E-state index in [1.54, 1.807) is 6.92 Å². The Hall–Kier alpha value is -1.02. The highest BCUT2D eigenvalue weighted by Gasteiger charge is 2.22. The van der Waals surface area contributed by atoms with Crippen LogP contribution in [0.1, 0.15) is 37.0 Å². The standard InChI is InChI=1S/C13H18O2/c1-9-3-6-13(12(7-9)10(2)14)15-8-11-4-5-11/h3,6-7,10-11,14H,4-5,8H2,1-2H3. The van der Waals surface area contributed by atoms with E-state index < -0.39 is 6.10 Å². The van der Waals surface area contributed by atoms with Gasteiger partial charge in [-0.15, -0.1) is 0 Å². The van der Waals surface area contributed by atoms with Gasteiger partial charge in [-0.25, -0.2) is 0 Å². The molecular formula is C13H18O2. The largest absolute Gasteiger partial charge is 0.493 e. The molecular weight excluding hydrogens is 188 g/mol. The highest BCUT2D eigenvalue weighted by atomic mass is 16.5. The summed E-state index contributed by atoms with van der Waals surface area (Å²) in [6.45, 7) is 4.60. The molecule has 1 unspecified atom stereocenters. The van der Waals surface area contributed by atoms with Gasteiger partial charge in [-0.2, -0.15) is 0 Å². The molecule has 15 heavy (non-hydrogen) atoms. The molecule has 2 nitrogen and oxygen atoms in total. The van der Waals surface area contributed by atoms with E-state index in [1.165, 1.54) is 12.8 Å². The predicted octanol–water partition coefficient (Wildman–Crippen LogP) is 2.84. The van der Waals surface area contributed by atoms with Gasteiger partial charge < -0.3 is 9.84 Å². The first-order chi connectivity index (χ1) is 7.16. The van der Waals surface area contributed by atoms with Crippen molar-refractivity contribution in [3.8, 4) is 5.75 Å². The number of hydrogen-bond acceptors (Lipinski definition) is 2. The summed E-state index contributed by atoms with van der Waals surface area (Å²) in [5, 5.41) is 9.63. The van der Waals surface area contributed by atoms with E-state index in [-0.39, 0.29) is 0 Å². The molecule has 1 aromatic carbocycles. The maximum absolute atomic E-state index is 9.63. The number of benzene rings is 1. The summed E-state index contributed by atoms with van der Waals surface area (Å²) in [6.07, 6.45) is 2.12.